The fourth-order valence-corrected chi connectivity index (χ4v) is 2.14. The predicted molar refractivity (Wildman–Crippen MR) is 73.2 cm³/mol. The molecule has 6 heteroatoms. The third-order valence-corrected chi connectivity index (χ3v) is 3.25. The molecule has 0 unspecified atom stereocenters. The SMILES string of the molecule is CCCN(CC(=O)O)C(=O)NCCN(CC)C1CC1. The lowest BCUT2D eigenvalue weighted by Crippen LogP contribution is -2.45. The van der Waals surface area contributed by atoms with Crippen molar-refractivity contribution in [3.63, 3.8) is 0 Å². The number of rotatable bonds is 9. The van der Waals surface area contributed by atoms with Gasteiger partial charge in [-0.25, -0.2) is 4.79 Å². The van der Waals surface area contributed by atoms with Crippen molar-refractivity contribution < 1.29 is 14.7 Å². The summed E-state index contributed by atoms with van der Waals surface area (Å²) in [6.45, 7) is 6.68. The Morgan fingerprint density at radius 2 is 1.95 bits per heavy atom. The van der Waals surface area contributed by atoms with Crippen LogP contribution in [0.2, 0.25) is 0 Å². The van der Waals surface area contributed by atoms with Crippen LogP contribution in [-0.4, -0.2) is 65.7 Å². The van der Waals surface area contributed by atoms with Crippen molar-refractivity contribution >= 4 is 12.0 Å². The maximum Gasteiger partial charge on any atom is 0.323 e. The maximum absolute atomic E-state index is 11.9. The number of amides is 2. The molecule has 0 aromatic carbocycles. The topological polar surface area (TPSA) is 72.9 Å². The van der Waals surface area contributed by atoms with Gasteiger partial charge in [0.05, 0.1) is 0 Å². The Hall–Kier alpha value is -1.30. The Balaban J connectivity index is 2.28. The minimum atomic E-state index is -0.975. The second-order valence-electron chi connectivity index (χ2n) is 4.91. The van der Waals surface area contributed by atoms with Gasteiger partial charge in [-0.1, -0.05) is 13.8 Å². The predicted octanol–water partition coefficient (Wildman–Crippen LogP) is 0.977. The Morgan fingerprint density at radius 1 is 1.26 bits per heavy atom. The maximum atomic E-state index is 11.9. The molecule has 110 valence electrons. The van der Waals surface area contributed by atoms with Crippen LogP contribution in [0.1, 0.15) is 33.1 Å². The van der Waals surface area contributed by atoms with Gasteiger partial charge in [-0.05, 0) is 25.8 Å². The minimum Gasteiger partial charge on any atom is -0.480 e. The molecule has 1 saturated carbocycles. The summed E-state index contributed by atoms with van der Waals surface area (Å²) < 4.78 is 0. The van der Waals surface area contributed by atoms with E-state index in [1.807, 2.05) is 6.92 Å². The summed E-state index contributed by atoms with van der Waals surface area (Å²) in [4.78, 5) is 26.2. The fourth-order valence-electron chi connectivity index (χ4n) is 2.14. The number of carboxylic acid groups (broad SMARTS) is 1. The van der Waals surface area contributed by atoms with E-state index in [4.69, 9.17) is 5.11 Å². The number of aliphatic carboxylic acids is 1. The molecule has 0 radical (unpaired) electrons. The summed E-state index contributed by atoms with van der Waals surface area (Å²) in [6.07, 6.45) is 3.26. The van der Waals surface area contributed by atoms with Crippen LogP contribution in [0.5, 0.6) is 0 Å². The van der Waals surface area contributed by atoms with Gasteiger partial charge >= 0.3 is 12.0 Å². The van der Waals surface area contributed by atoms with Gasteiger partial charge in [-0.3, -0.25) is 9.69 Å². The number of hydrogen-bond donors (Lipinski definition) is 2. The highest BCUT2D eigenvalue weighted by atomic mass is 16.4. The number of carbonyl (C=O) groups is 2. The van der Waals surface area contributed by atoms with Crippen LogP contribution in [0.15, 0.2) is 0 Å². The van der Waals surface area contributed by atoms with Crippen molar-refractivity contribution in [1.29, 1.82) is 0 Å². The second kappa shape index (κ2) is 7.99. The van der Waals surface area contributed by atoms with Crippen LogP contribution >= 0.6 is 0 Å². The smallest absolute Gasteiger partial charge is 0.323 e. The summed E-state index contributed by atoms with van der Waals surface area (Å²) >= 11 is 0. The third kappa shape index (κ3) is 5.92. The van der Waals surface area contributed by atoms with Crippen molar-refractivity contribution in [3.05, 3.63) is 0 Å². The second-order valence-corrected chi connectivity index (χ2v) is 4.91. The highest BCUT2D eigenvalue weighted by Gasteiger charge is 2.27. The van der Waals surface area contributed by atoms with E-state index in [1.54, 1.807) is 0 Å². The van der Waals surface area contributed by atoms with Gasteiger partial charge in [0, 0.05) is 25.7 Å². The molecule has 0 heterocycles. The summed E-state index contributed by atoms with van der Waals surface area (Å²) in [6, 6.07) is 0.406. The van der Waals surface area contributed by atoms with Gasteiger partial charge in [0.2, 0.25) is 0 Å². The Labute approximate surface area is 114 Å². The van der Waals surface area contributed by atoms with Crippen molar-refractivity contribution in [3.8, 4) is 0 Å². The van der Waals surface area contributed by atoms with E-state index in [-0.39, 0.29) is 12.6 Å². The van der Waals surface area contributed by atoms with Crippen molar-refractivity contribution in [2.24, 2.45) is 0 Å². The molecule has 0 saturated heterocycles. The lowest BCUT2D eigenvalue weighted by molar-refractivity contribution is -0.137. The molecule has 1 rings (SSSR count). The monoisotopic (exact) mass is 271 g/mol. The Morgan fingerprint density at radius 3 is 2.42 bits per heavy atom. The zero-order valence-electron chi connectivity index (χ0n) is 11.9. The third-order valence-electron chi connectivity index (χ3n) is 3.25. The number of carbonyl (C=O) groups excluding carboxylic acids is 1. The minimum absolute atomic E-state index is 0.236. The van der Waals surface area contributed by atoms with E-state index in [2.05, 4.69) is 17.1 Å². The van der Waals surface area contributed by atoms with E-state index in [0.717, 1.165) is 19.5 Å². The average molecular weight is 271 g/mol. The largest absolute Gasteiger partial charge is 0.480 e. The molecule has 0 spiro atoms. The summed E-state index contributed by atoms with van der Waals surface area (Å²) in [7, 11) is 0. The first kappa shape index (κ1) is 15.8. The molecule has 0 aromatic rings. The number of carboxylic acids is 1. The number of nitrogens with zero attached hydrogens (tertiary/aromatic N) is 2. The molecule has 0 atom stereocenters. The number of likely N-dealkylation sites (N-methyl/N-ethyl adjacent to an activating group) is 1. The molecule has 0 aliphatic heterocycles. The standard InChI is InChI=1S/C13H25N3O3/c1-3-8-16(10-12(17)18)13(19)14-7-9-15(4-2)11-5-6-11/h11H,3-10H2,1-2H3,(H,14,19)(H,17,18). The van der Waals surface area contributed by atoms with Gasteiger partial charge in [-0.2, -0.15) is 0 Å². The van der Waals surface area contributed by atoms with Crippen LogP contribution in [0.4, 0.5) is 4.79 Å². The van der Waals surface area contributed by atoms with E-state index < -0.39 is 5.97 Å². The number of nitrogens with one attached hydrogen (secondary N) is 1. The molecule has 0 bridgehead atoms. The quantitative estimate of drug-likeness (QED) is 0.655. The van der Waals surface area contributed by atoms with Gasteiger partial charge in [-0.15, -0.1) is 0 Å². The van der Waals surface area contributed by atoms with Crippen LogP contribution in [0, 0.1) is 0 Å². The molecule has 0 aromatic heterocycles. The van der Waals surface area contributed by atoms with Gasteiger partial charge in [0.15, 0.2) is 0 Å². The lowest BCUT2D eigenvalue weighted by atomic mass is 10.4. The fraction of sp³-hybridized carbons (Fsp3) is 0.846. The van der Waals surface area contributed by atoms with Crippen LogP contribution in [-0.2, 0) is 4.79 Å². The summed E-state index contributed by atoms with van der Waals surface area (Å²) in [5.74, 6) is -0.975. The first-order valence-corrected chi connectivity index (χ1v) is 7.07. The molecule has 1 aliphatic carbocycles. The van der Waals surface area contributed by atoms with E-state index in [1.165, 1.54) is 17.7 Å². The number of urea groups is 1. The van der Waals surface area contributed by atoms with Gasteiger partial charge in [0.25, 0.3) is 0 Å². The highest BCUT2D eigenvalue weighted by Crippen LogP contribution is 2.25. The van der Waals surface area contributed by atoms with Gasteiger partial charge < -0.3 is 15.3 Å². The van der Waals surface area contributed by atoms with Crippen molar-refractivity contribution in [1.82, 2.24) is 15.1 Å². The van der Waals surface area contributed by atoms with Crippen molar-refractivity contribution in [2.45, 2.75) is 39.2 Å². The highest BCUT2D eigenvalue weighted by molar-refractivity contribution is 5.80. The van der Waals surface area contributed by atoms with Crippen molar-refractivity contribution in [2.75, 3.05) is 32.7 Å². The molecule has 2 amide bonds. The summed E-state index contributed by atoms with van der Waals surface area (Å²) in [5.41, 5.74) is 0. The first-order valence-electron chi connectivity index (χ1n) is 7.07. The van der Waals surface area contributed by atoms with E-state index in [0.29, 0.717) is 19.1 Å². The Kier molecular flexibility index (Phi) is 6.62. The zero-order valence-corrected chi connectivity index (χ0v) is 11.9. The molecule has 2 N–H and O–H groups in total. The number of hydrogen-bond acceptors (Lipinski definition) is 3. The molecule has 19 heavy (non-hydrogen) atoms. The molecular weight excluding hydrogens is 246 g/mol. The Bertz CT molecular complexity index is 306. The molecule has 6 nitrogen and oxygen atoms in total. The molecular formula is C13H25N3O3. The first-order chi connectivity index (χ1) is 9.08. The average Bonchev–Trinajstić information content (AvgIpc) is 3.17. The van der Waals surface area contributed by atoms with Gasteiger partial charge in [0.1, 0.15) is 6.54 Å². The summed E-state index contributed by atoms with van der Waals surface area (Å²) in [5, 5.41) is 11.6. The van der Waals surface area contributed by atoms with Crippen LogP contribution in [0.3, 0.4) is 0 Å². The van der Waals surface area contributed by atoms with Crippen LogP contribution in [0.25, 0.3) is 0 Å². The lowest BCUT2D eigenvalue weighted by Gasteiger charge is -2.23. The van der Waals surface area contributed by atoms with Crippen LogP contribution < -0.4 is 5.32 Å². The van der Waals surface area contributed by atoms with E-state index in [9.17, 15) is 9.59 Å². The zero-order chi connectivity index (χ0) is 14.3. The molecule has 1 fully saturated rings. The molecule has 1 aliphatic rings. The normalized spacial score (nSPS) is 14.5. The van der Waals surface area contributed by atoms with E-state index >= 15 is 0 Å².